The van der Waals surface area contributed by atoms with Crippen LogP contribution in [-0.2, 0) is 0 Å². The average molecular weight is 225 g/mol. The molecule has 1 rings (SSSR count). The van der Waals surface area contributed by atoms with Gasteiger partial charge in [-0.2, -0.15) is 0 Å². The number of aryl methyl sites for hydroxylation is 1. The first-order chi connectivity index (χ1) is 7.47. The number of aliphatic hydroxyl groups is 2. The molecule has 4 N–H and O–H groups in total. The Bertz CT molecular complexity index is 377. The maximum Gasteiger partial charge on any atom is 0.199 e. The number of anilines is 1. The van der Waals surface area contributed by atoms with Gasteiger partial charge >= 0.3 is 0 Å². The van der Waals surface area contributed by atoms with Gasteiger partial charge in [0.05, 0.1) is 0 Å². The Hall–Kier alpha value is -1.26. The molecule has 1 aromatic carbocycles. The first-order valence-corrected chi connectivity index (χ1v) is 5.29. The minimum atomic E-state index is -0.980. The predicted octanol–water partition coefficient (Wildman–Crippen LogP) is 1.27. The minimum Gasteiger partial charge on any atom is -0.465 e. The van der Waals surface area contributed by atoms with E-state index in [0.29, 0.717) is 5.75 Å². The maximum atomic E-state index is 9.46. The number of nitrogens with two attached hydrogens (primary N) is 1. The molecule has 16 heavy (non-hydrogen) atoms. The van der Waals surface area contributed by atoms with E-state index in [2.05, 4.69) is 0 Å². The van der Waals surface area contributed by atoms with Gasteiger partial charge in [0.25, 0.3) is 0 Å². The Labute approximate surface area is 95.7 Å². The number of benzene rings is 1. The largest absolute Gasteiger partial charge is 0.465 e. The molecule has 1 aromatic rings. The van der Waals surface area contributed by atoms with Gasteiger partial charge in [-0.15, -0.1) is 0 Å². The molecule has 0 spiro atoms. The Morgan fingerprint density at radius 1 is 1.31 bits per heavy atom. The fourth-order valence-corrected chi connectivity index (χ4v) is 1.50. The lowest BCUT2D eigenvalue weighted by molar-refractivity contribution is -0.0331. The fourth-order valence-electron chi connectivity index (χ4n) is 1.50. The molecule has 0 saturated carbocycles. The molecule has 0 bridgehead atoms. The first kappa shape index (κ1) is 12.8. The van der Waals surface area contributed by atoms with Gasteiger partial charge in [0.1, 0.15) is 5.75 Å². The van der Waals surface area contributed by atoms with Gasteiger partial charge in [0.2, 0.25) is 0 Å². The summed E-state index contributed by atoms with van der Waals surface area (Å²) in [7, 11) is 0. The number of ether oxygens (including phenoxy) is 1. The van der Waals surface area contributed by atoms with Crippen LogP contribution in [-0.4, -0.2) is 23.1 Å². The van der Waals surface area contributed by atoms with Crippen molar-refractivity contribution in [2.45, 2.75) is 33.5 Å². The molecule has 4 nitrogen and oxygen atoms in total. The van der Waals surface area contributed by atoms with E-state index in [1.807, 2.05) is 20.8 Å². The molecule has 0 heterocycles. The highest BCUT2D eigenvalue weighted by atomic mass is 16.6. The van der Waals surface area contributed by atoms with Gasteiger partial charge in [-0.1, -0.05) is 0 Å². The molecule has 0 saturated heterocycles. The highest BCUT2D eigenvalue weighted by molar-refractivity contribution is 5.60. The molecule has 0 aromatic heterocycles. The SMILES string of the molecule is Cc1cc(OC(O)CCO)c(C)c(C)c1N. The van der Waals surface area contributed by atoms with Crippen molar-refractivity contribution in [3.05, 3.63) is 22.8 Å². The summed E-state index contributed by atoms with van der Waals surface area (Å²) in [5, 5.41) is 18.1. The second kappa shape index (κ2) is 5.18. The van der Waals surface area contributed by atoms with E-state index in [1.54, 1.807) is 6.07 Å². The topological polar surface area (TPSA) is 75.7 Å². The molecule has 90 valence electrons. The second-order valence-corrected chi connectivity index (χ2v) is 3.94. The summed E-state index contributed by atoms with van der Waals surface area (Å²) in [6, 6.07) is 1.80. The number of nitrogen functional groups attached to an aromatic ring is 1. The summed E-state index contributed by atoms with van der Waals surface area (Å²) in [5.41, 5.74) is 9.44. The molecule has 0 fully saturated rings. The maximum absolute atomic E-state index is 9.46. The van der Waals surface area contributed by atoms with E-state index in [1.165, 1.54) is 0 Å². The zero-order valence-electron chi connectivity index (χ0n) is 9.95. The molecule has 1 atom stereocenters. The lowest BCUT2D eigenvalue weighted by Crippen LogP contribution is -2.18. The van der Waals surface area contributed by atoms with Crippen molar-refractivity contribution in [2.24, 2.45) is 0 Å². The lowest BCUT2D eigenvalue weighted by Gasteiger charge is -2.18. The molecule has 4 heteroatoms. The Morgan fingerprint density at radius 3 is 2.50 bits per heavy atom. The molecule has 0 aliphatic carbocycles. The van der Waals surface area contributed by atoms with Crippen molar-refractivity contribution in [1.82, 2.24) is 0 Å². The number of hydrogen-bond donors (Lipinski definition) is 3. The van der Waals surface area contributed by atoms with Crippen molar-refractivity contribution in [1.29, 1.82) is 0 Å². The molecule has 0 aliphatic rings. The summed E-state index contributed by atoms with van der Waals surface area (Å²) in [4.78, 5) is 0. The van der Waals surface area contributed by atoms with E-state index in [9.17, 15) is 5.11 Å². The zero-order chi connectivity index (χ0) is 12.3. The third-order valence-electron chi connectivity index (χ3n) is 2.75. The number of aliphatic hydroxyl groups excluding tert-OH is 2. The van der Waals surface area contributed by atoms with Crippen LogP contribution in [0.2, 0.25) is 0 Å². The van der Waals surface area contributed by atoms with Gasteiger partial charge in [-0.25, -0.2) is 0 Å². The highest BCUT2D eigenvalue weighted by Gasteiger charge is 2.12. The van der Waals surface area contributed by atoms with Crippen LogP contribution >= 0.6 is 0 Å². The predicted molar refractivity (Wildman–Crippen MR) is 63.4 cm³/mol. The van der Waals surface area contributed by atoms with Crippen LogP contribution in [0.3, 0.4) is 0 Å². The lowest BCUT2D eigenvalue weighted by atomic mass is 10.0. The van der Waals surface area contributed by atoms with Gasteiger partial charge in [-0.05, 0) is 43.5 Å². The third kappa shape index (κ3) is 2.65. The van der Waals surface area contributed by atoms with Crippen molar-refractivity contribution in [2.75, 3.05) is 12.3 Å². The van der Waals surface area contributed by atoms with E-state index in [0.717, 1.165) is 22.4 Å². The summed E-state index contributed by atoms with van der Waals surface area (Å²) in [5.74, 6) is 0.616. The van der Waals surface area contributed by atoms with Crippen molar-refractivity contribution in [3.63, 3.8) is 0 Å². The number of hydrogen-bond acceptors (Lipinski definition) is 4. The summed E-state index contributed by atoms with van der Waals surface area (Å²) >= 11 is 0. The van der Waals surface area contributed by atoms with Crippen LogP contribution in [0.4, 0.5) is 5.69 Å². The summed E-state index contributed by atoms with van der Waals surface area (Å²) in [6.07, 6.45) is -0.784. The van der Waals surface area contributed by atoms with Crippen LogP contribution in [0.1, 0.15) is 23.1 Å². The van der Waals surface area contributed by atoms with Crippen molar-refractivity contribution in [3.8, 4) is 5.75 Å². The molecule has 1 unspecified atom stereocenters. The Kier molecular flexibility index (Phi) is 4.15. The molecule has 0 amide bonds. The summed E-state index contributed by atoms with van der Waals surface area (Å²) in [6.45, 7) is 5.61. The van der Waals surface area contributed by atoms with Crippen molar-refractivity contribution < 1.29 is 14.9 Å². The molecular weight excluding hydrogens is 206 g/mol. The zero-order valence-corrected chi connectivity index (χ0v) is 9.95. The fraction of sp³-hybridized carbons (Fsp3) is 0.500. The summed E-state index contributed by atoms with van der Waals surface area (Å²) < 4.78 is 5.34. The number of rotatable bonds is 4. The van der Waals surface area contributed by atoms with Crippen LogP contribution in [0.25, 0.3) is 0 Å². The average Bonchev–Trinajstić information content (AvgIpc) is 2.23. The molecule has 0 aliphatic heterocycles. The Balaban J connectivity index is 2.97. The van der Waals surface area contributed by atoms with Crippen molar-refractivity contribution >= 4 is 5.69 Å². The van der Waals surface area contributed by atoms with E-state index < -0.39 is 6.29 Å². The molecule has 0 radical (unpaired) electrons. The Morgan fingerprint density at radius 2 is 1.94 bits per heavy atom. The van der Waals surface area contributed by atoms with Crippen LogP contribution < -0.4 is 10.5 Å². The second-order valence-electron chi connectivity index (χ2n) is 3.94. The first-order valence-electron chi connectivity index (χ1n) is 5.29. The van der Waals surface area contributed by atoms with Crippen LogP contribution in [0.15, 0.2) is 6.07 Å². The van der Waals surface area contributed by atoms with Crippen LogP contribution in [0.5, 0.6) is 5.75 Å². The van der Waals surface area contributed by atoms with Gasteiger partial charge in [-0.3, -0.25) is 0 Å². The van der Waals surface area contributed by atoms with Gasteiger partial charge in [0.15, 0.2) is 6.29 Å². The van der Waals surface area contributed by atoms with E-state index in [-0.39, 0.29) is 13.0 Å². The monoisotopic (exact) mass is 225 g/mol. The highest BCUT2D eigenvalue weighted by Crippen LogP contribution is 2.29. The third-order valence-corrected chi connectivity index (χ3v) is 2.75. The molecular formula is C12H19NO3. The van der Waals surface area contributed by atoms with Crippen LogP contribution in [0, 0.1) is 20.8 Å². The standard InChI is InChI=1S/C12H19NO3/c1-7-6-10(16-11(15)4-5-14)8(2)9(3)12(7)13/h6,11,14-15H,4-5,13H2,1-3H3. The minimum absolute atomic E-state index is 0.104. The quantitative estimate of drug-likeness (QED) is 0.533. The van der Waals surface area contributed by atoms with E-state index >= 15 is 0 Å². The normalized spacial score (nSPS) is 12.6. The van der Waals surface area contributed by atoms with E-state index in [4.69, 9.17) is 15.6 Å². The van der Waals surface area contributed by atoms with Gasteiger partial charge in [0, 0.05) is 18.7 Å². The van der Waals surface area contributed by atoms with Gasteiger partial charge < -0.3 is 20.7 Å². The smallest absolute Gasteiger partial charge is 0.199 e.